The van der Waals surface area contributed by atoms with Crippen LogP contribution in [0.5, 0.6) is 0 Å². The van der Waals surface area contributed by atoms with Crippen molar-refractivity contribution in [3.8, 4) is 0 Å². The van der Waals surface area contributed by atoms with Gasteiger partial charge in [-0.05, 0) is 49.3 Å². The Labute approximate surface area is 118 Å². The molecular formula is C14H22N2O2S. The van der Waals surface area contributed by atoms with E-state index in [1.165, 1.54) is 37.4 Å². The first-order valence-corrected chi connectivity index (χ1v) is 8.12. The van der Waals surface area contributed by atoms with Crippen LogP contribution in [0.25, 0.3) is 0 Å². The van der Waals surface area contributed by atoms with E-state index in [-0.39, 0.29) is 5.91 Å². The number of amides is 1. The number of hydrogen-bond donors (Lipinski definition) is 1. The Hall–Kier alpha value is -0.550. The zero-order valence-corrected chi connectivity index (χ0v) is 12.5. The molecule has 1 saturated heterocycles. The summed E-state index contributed by atoms with van der Waals surface area (Å²) in [5.41, 5.74) is 0. The number of amidine groups is 1. The first kappa shape index (κ1) is 13.4. The van der Waals surface area contributed by atoms with Crippen molar-refractivity contribution in [2.75, 3.05) is 7.11 Å². The lowest BCUT2D eigenvalue weighted by Gasteiger charge is -2.21. The summed E-state index contributed by atoms with van der Waals surface area (Å²) in [6, 6.07) is 0.427. The number of carbonyl (C=O) groups excluding carboxylic acids is 1. The van der Waals surface area contributed by atoms with Crippen LogP contribution in [0.4, 0.5) is 0 Å². The lowest BCUT2D eigenvalue weighted by molar-refractivity contribution is -0.132. The van der Waals surface area contributed by atoms with E-state index in [1.54, 1.807) is 7.11 Å². The van der Waals surface area contributed by atoms with E-state index in [0.717, 1.165) is 29.8 Å². The van der Waals surface area contributed by atoms with Crippen LogP contribution in [-0.4, -0.2) is 29.2 Å². The highest BCUT2D eigenvalue weighted by Crippen LogP contribution is 2.47. The van der Waals surface area contributed by atoms with Crippen LogP contribution in [0.3, 0.4) is 0 Å². The van der Waals surface area contributed by atoms with Crippen molar-refractivity contribution in [1.29, 1.82) is 0 Å². The van der Waals surface area contributed by atoms with E-state index in [9.17, 15) is 4.79 Å². The number of nitrogens with one attached hydrogen (secondary N) is 1. The fourth-order valence-corrected chi connectivity index (χ4v) is 4.91. The molecule has 0 spiro atoms. The van der Waals surface area contributed by atoms with E-state index in [0.29, 0.717) is 6.04 Å². The molecule has 5 heteroatoms. The molecule has 1 N–H and O–H groups in total. The third-order valence-electron chi connectivity index (χ3n) is 4.72. The minimum atomic E-state index is -0.745. The summed E-state index contributed by atoms with van der Waals surface area (Å²) in [7, 11) is 1.61. The smallest absolute Gasteiger partial charge is 0.269 e. The Morgan fingerprint density at radius 3 is 2.89 bits per heavy atom. The number of ether oxygens (including phenoxy) is 1. The normalized spacial score (nSPS) is 43.2. The standard InChI is InChI=1S/C14H22N2O2S/c1-3-6-14(18-2)12(17)16-13(19-14)15-11-8-9-4-5-10(11)7-9/h9-11H,3-8H2,1-2H3,(H,15,16,17). The van der Waals surface area contributed by atoms with Crippen molar-refractivity contribution < 1.29 is 9.53 Å². The molecule has 4 unspecified atom stereocenters. The maximum atomic E-state index is 12.1. The van der Waals surface area contributed by atoms with Gasteiger partial charge >= 0.3 is 0 Å². The highest BCUT2D eigenvalue weighted by Gasteiger charge is 2.47. The van der Waals surface area contributed by atoms with Crippen LogP contribution < -0.4 is 5.32 Å². The summed E-state index contributed by atoms with van der Waals surface area (Å²) in [5, 5.41) is 3.69. The number of aliphatic imine (C=N–C) groups is 1. The number of carbonyl (C=O) groups is 1. The SMILES string of the molecule is CCCC1(OC)SC(=NC2CC3CCC2C3)NC1=O. The Kier molecular flexibility index (Phi) is 3.60. The summed E-state index contributed by atoms with van der Waals surface area (Å²) in [6.45, 7) is 2.07. The molecule has 19 heavy (non-hydrogen) atoms. The molecule has 1 amide bonds. The van der Waals surface area contributed by atoms with Gasteiger partial charge < -0.3 is 10.1 Å². The lowest BCUT2D eigenvalue weighted by atomic mass is 9.96. The highest BCUT2D eigenvalue weighted by atomic mass is 32.2. The quantitative estimate of drug-likeness (QED) is 0.862. The Balaban J connectivity index is 1.72. The Bertz CT molecular complexity index is 412. The van der Waals surface area contributed by atoms with Crippen LogP contribution in [-0.2, 0) is 9.53 Å². The molecule has 1 heterocycles. The number of methoxy groups -OCH3 is 1. The van der Waals surface area contributed by atoms with Crippen molar-refractivity contribution >= 4 is 22.8 Å². The minimum absolute atomic E-state index is 0.0382. The van der Waals surface area contributed by atoms with Gasteiger partial charge in [0, 0.05) is 7.11 Å². The van der Waals surface area contributed by atoms with Crippen LogP contribution >= 0.6 is 11.8 Å². The van der Waals surface area contributed by atoms with E-state index in [4.69, 9.17) is 9.73 Å². The summed E-state index contributed by atoms with van der Waals surface area (Å²) in [4.78, 5) is 16.2. The molecule has 0 radical (unpaired) electrons. The number of hydrogen-bond acceptors (Lipinski definition) is 4. The molecule has 3 rings (SSSR count). The van der Waals surface area contributed by atoms with Gasteiger partial charge in [0.2, 0.25) is 0 Å². The maximum Gasteiger partial charge on any atom is 0.269 e. The molecule has 4 nitrogen and oxygen atoms in total. The number of rotatable bonds is 4. The van der Waals surface area contributed by atoms with Crippen LogP contribution in [0, 0.1) is 11.8 Å². The molecule has 2 saturated carbocycles. The second-order valence-corrected chi connectivity index (χ2v) is 7.19. The van der Waals surface area contributed by atoms with Gasteiger partial charge in [0.15, 0.2) is 10.1 Å². The number of fused-ring (bicyclic) bond motifs is 2. The Morgan fingerprint density at radius 1 is 1.47 bits per heavy atom. The fraction of sp³-hybridized carbons (Fsp3) is 0.857. The molecule has 4 atom stereocenters. The maximum absolute atomic E-state index is 12.1. The predicted octanol–water partition coefficient (Wildman–Crippen LogP) is 2.54. The van der Waals surface area contributed by atoms with Crippen molar-refractivity contribution in [3.05, 3.63) is 0 Å². The highest BCUT2D eigenvalue weighted by molar-refractivity contribution is 8.16. The topological polar surface area (TPSA) is 50.7 Å². The molecular weight excluding hydrogens is 260 g/mol. The van der Waals surface area contributed by atoms with Crippen molar-refractivity contribution in [2.45, 2.75) is 56.4 Å². The van der Waals surface area contributed by atoms with Gasteiger partial charge in [-0.3, -0.25) is 9.79 Å². The van der Waals surface area contributed by atoms with Gasteiger partial charge in [-0.1, -0.05) is 19.8 Å². The molecule has 0 aromatic heterocycles. The second kappa shape index (κ2) is 5.09. The van der Waals surface area contributed by atoms with Crippen LogP contribution in [0.1, 0.15) is 45.4 Å². The molecule has 0 aromatic carbocycles. The third kappa shape index (κ3) is 2.31. The van der Waals surface area contributed by atoms with Gasteiger partial charge in [-0.2, -0.15) is 0 Å². The van der Waals surface area contributed by atoms with Gasteiger partial charge in [-0.15, -0.1) is 0 Å². The average Bonchev–Trinajstić information content (AvgIpc) is 3.06. The zero-order valence-electron chi connectivity index (χ0n) is 11.6. The van der Waals surface area contributed by atoms with Crippen LogP contribution in [0.2, 0.25) is 0 Å². The second-order valence-electron chi connectivity index (χ2n) is 5.94. The van der Waals surface area contributed by atoms with E-state index in [2.05, 4.69) is 12.2 Å². The molecule has 2 aliphatic carbocycles. The summed E-state index contributed by atoms with van der Waals surface area (Å²) in [5.74, 6) is 1.59. The molecule has 1 aliphatic heterocycles. The minimum Gasteiger partial charge on any atom is -0.358 e. The van der Waals surface area contributed by atoms with Gasteiger partial charge in [-0.25, -0.2) is 0 Å². The summed E-state index contributed by atoms with van der Waals surface area (Å²) < 4.78 is 5.48. The van der Waals surface area contributed by atoms with E-state index < -0.39 is 4.93 Å². The molecule has 3 aliphatic rings. The lowest BCUT2D eigenvalue weighted by Crippen LogP contribution is -2.38. The van der Waals surface area contributed by atoms with Crippen molar-refractivity contribution in [3.63, 3.8) is 0 Å². The summed E-state index contributed by atoms with van der Waals surface area (Å²) in [6.07, 6.45) is 6.90. The predicted molar refractivity (Wildman–Crippen MR) is 77.1 cm³/mol. The van der Waals surface area contributed by atoms with Gasteiger partial charge in [0.1, 0.15) is 0 Å². The average molecular weight is 282 g/mol. The number of nitrogens with zero attached hydrogens (tertiary/aromatic N) is 1. The van der Waals surface area contributed by atoms with Crippen LogP contribution in [0.15, 0.2) is 4.99 Å². The first-order valence-electron chi connectivity index (χ1n) is 7.30. The first-order chi connectivity index (χ1) is 9.16. The molecule has 106 valence electrons. The monoisotopic (exact) mass is 282 g/mol. The van der Waals surface area contributed by atoms with Crippen molar-refractivity contribution in [2.24, 2.45) is 16.8 Å². The fourth-order valence-electron chi connectivity index (χ4n) is 3.73. The largest absolute Gasteiger partial charge is 0.358 e. The summed E-state index contributed by atoms with van der Waals surface area (Å²) >= 11 is 1.47. The number of thioether (sulfide) groups is 1. The van der Waals surface area contributed by atoms with E-state index >= 15 is 0 Å². The molecule has 2 bridgehead atoms. The van der Waals surface area contributed by atoms with Gasteiger partial charge in [0.25, 0.3) is 5.91 Å². The Morgan fingerprint density at radius 2 is 2.32 bits per heavy atom. The van der Waals surface area contributed by atoms with E-state index in [1.807, 2.05) is 0 Å². The van der Waals surface area contributed by atoms with Crippen molar-refractivity contribution in [1.82, 2.24) is 5.32 Å². The third-order valence-corrected chi connectivity index (χ3v) is 6.01. The molecule has 0 aromatic rings. The zero-order chi connectivity index (χ0) is 13.5. The molecule has 3 fully saturated rings. The van der Waals surface area contributed by atoms with Gasteiger partial charge in [0.05, 0.1) is 6.04 Å².